The lowest BCUT2D eigenvalue weighted by Gasteiger charge is -2.35. The molecule has 2 N–H and O–H groups in total. The van der Waals surface area contributed by atoms with Gasteiger partial charge in [0, 0.05) is 53.5 Å². The van der Waals surface area contributed by atoms with E-state index in [-0.39, 0.29) is 48.5 Å². The number of halogens is 4. The summed E-state index contributed by atoms with van der Waals surface area (Å²) < 4.78 is 32.2. The van der Waals surface area contributed by atoms with Crippen molar-refractivity contribution in [3.8, 4) is 0 Å². The number of hydrogen-bond acceptors (Lipinski definition) is 0. The standard InChI is InChI=1S/C25H27F2N3.2ClH/c1-28-14-12-20-22(24(28)16-8-4-6-10-18(16)26)23-21(30(20)3)13-15-29(2)25(23)17-9-5-7-11-19(17)27;;/h4-11,24-25H,12-15H2,1-3H3;2*1H. The number of likely N-dealkylation sites (N-methyl/N-ethyl adjacent to an activating group) is 2. The molecule has 0 fully saturated rings. The summed E-state index contributed by atoms with van der Waals surface area (Å²) in [5.74, 6) is -0.322. The summed E-state index contributed by atoms with van der Waals surface area (Å²) in [7, 11) is 6.43. The average molecular weight is 480 g/mol. The van der Waals surface area contributed by atoms with Crippen LogP contribution in [0.15, 0.2) is 48.5 Å². The first kappa shape index (κ1) is 24.7. The van der Waals surface area contributed by atoms with E-state index in [1.165, 1.54) is 32.3 Å². The lowest BCUT2D eigenvalue weighted by Crippen LogP contribution is -3.11. The van der Waals surface area contributed by atoms with Crippen LogP contribution in [0.25, 0.3) is 0 Å². The molecule has 1 aromatic heterocycles. The van der Waals surface area contributed by atoms with E-state index in [1.807, 2.05) is 24.3 Å². The third-order valence-electron chi connectivity index (χ3n) is 7.23. The number of quaternary nitrogens is 2. The van der Waals surface area contributed by atoms with E-state index in [9.17, 15) is 8.78 Å². The van der Waals surface area contributed by atoms with Gasteiger partial charge in [0.15, 0.2) is 0 Å². The molecule has 3 nitrogen and oxygen atoms in total. The SMILES string of the molecule is Cn1c2c(c3c1CC[NH+](C)C3c1ccccc1F)C(c1ccccc1F)[NH+](C)CC2.[Cl-].[Cl-]. The quantitative estimate of drug-likeness (QED) is 0.369. The summed E-state index contributed by atoms with van der Waals surface area (Å²) in [4.78, 5) is 2.58. The highest BCUT2D eigenvalue weighted by Gasteiger charge is 2.44. The molecule has 0 saturated carbocycles. The predicted molar refractivity (Wildman–Crippen MR) is 113 cm³/mol. The number of nitrogens with zero attached hydrogens (tertiary/aromatic N) is 1. The Balaban J connectivity index is 0.00000144. The molecule has 32 heavy (non-hydrogen) atoms. The van der Waals surface area contributed by atoms with E-state index < -0.39 is 0 Å². The van der Waals surface area contributed by atoms with Crippen LogP contribution in [0.3, 0.4) is 0 Å². The minimum atomic E-state index is -0.161. The van der Waals surface area contributed by atoms with Crippen molar-refractivity contribution < 1.29 is 43.4 Å². The van der Waals surface area contributed by atoms with Gasteiger partial charge in [-0.15, -0.1) is 0 Å². The van der Waals surface area contributed by atoms with Gasteiger partial charge in [0.05, 0.1) is 27.2 Å². The Hall–Kier alpha value is -1.92. The van der Waals surface area contributed by atoms with Crippen LogP contribution in [0.2, 0.25) is 0 Å². The van der Waals surface area contributed by atoms with E-state index in [4.69, 9.17) is 0 Å². The fraction of sp³-hybridized carbons (Fsp3) is 0.360. The van der Waals surface area contributed by atoms with Crippen molar-refractivity contribution in [1.82, 2.24) is 4.57 Å². The lowest BCUT2D eigenvalue weighted by molar-refractivity contribution is -0.912. The molecule has 0 saturated heterocycles. The van der Waals surface area contributed by atoms with E-state index in [2.05, 4.69) is 25.7 Å². The third-order valence-corrected chi connectivity index (χ3v) is 7.23. The number of aromatic nitrogens is 1. The third kappa shape index (κ3) is 3.75. The van der Waals surface area contributed by atoms with Crippen LogP contribution in [-0.2, 0) is 19.9 Å². The zero-order chi connectivity index (χ0) is 21.0. The van der Waals surface area contributed by atoms with Crippen LogP contribution in [0.1, 0.15) is 45.7 Å². The molecule has 0 aliphatic carbocycles. The van der Waals surface area contributed by atoms with Gasteiger partial charge in [-0.05, 0) is 24.3 Å². The van der Waals surface area contributed by atoms with Crippen LogP contribution in [0.5, 0.6) is 0 Å². The molecule has 2 aromatic carbocycles. The first-order valence-corrected chi connectivity index (χ1v) is 10.8. The molecule has 0 radical (unpaired) electrons. The molecule has 2 aliphatic rings. The van der Waals surface area contributed by atoms with E-state index in [0.717, 1.165) is 37.1 Å². The zero-order valence-electron chi connectivity index (χ0n) is 18.6. The number of fused-ring (bicyclic) bond motifs is 3. The van der Waals surface area contributed by atoms with Crippen molar-refractivity contribution in [1.29, 1.82) is 0 Å². The fourth-order valence-corrected chi connectivity index (χ4v) is 5.76. The Morgan fingerprint density at radius 3 is 1.47 bits per heavy atom. The van der Waals surface area contributed by atoms with Gasteiger partial charge in [0.25, 0.3) is 0 Å². The zero-order valence-corrected chi connectivity index (χ0v) is 20.1. The monoisotopic (exact) mass is 479 g/mol. The highest BCUT2D eigenvalue weighted by molar-refractivity contribution is 5.50. The Morgan fingerprint density at radius 1 is 0.719 bits per heavy atom. The van der Waals surface area contributed by atoms with Gasteiger partial charge >= 0.3 is 0 Å². The number of nitrogens with one attached hydrogen (secondary N) is 2. The number of hydrogen-bond donors (Lipinski definition) is 2. The van der Waals surface area contributed by atoms with Crippen molar-refractivity contribution in [2.75, 3.05) is 27.2 Å². The average Bonchev–Trinajstić information content (AvgIpc) is 3.02. The van der Waals surface area contributed by atoms with Crippen LogP contribution < -0.4 is 34.6 Å². The fourth-order valence-electron chi connectivity index (χ4n) is 5.76. The molecule has 5 rings (SSSR count). The second-order valence-corrected chi connectivity index (χ2v) is 8.88. The van der Waals surface area contributed by atoms with Crippen molar-refractivity contribution in [3.05, 3.63) is 93.8 Å². The summed E-state index contributed by atoms with van der Waals surface area (Å²) in [6.45, 7) is 1.91. The number of rotatable bonds is 2. The maximum Gasteiger partial charge on any atom is 0.144 e. The minimum Gasteiger partial charge on any atom is -1.00 e. The van der Waals surface area contributed by atoms with Gasteiger partial charge in [-0.1, -0.05) is 24.3 Å². The molecule has 172 valence electrons. The second-order valence-electron chi connectivity index (χ2n) is 8.88. The summed E-state index contributed by atoms with van der Waals surface area (Å²) in [6, 6.07) is 14.1. The Labute approximate surface area is 200 Å². The highest BCUT2D eigenvalue weighted by Crippen LogP contribution is 2.39. The first-order chi connectivity index (χ1) is 14.5. The molecular weight excluding hydrogens is 451 g/mol. The molecule has 0 amide bonds. The molecule has 7 heteroatoms. The molecule has 0 spiro atoms. The largest absolute Gasteiger partial charge is 1.00 e. The summed E-state index contributed by atoms with van der Waals surface area (Å²) in [5.41, 5.74) is 6.48. The Morgan fingerprint density at radius 2 is 1.09 bits per heavy atom. The summed E-state index contributed by atoms with van der Waals surface area (Å²) in [5, 5.41) is 0. The van der Waals surface area contributed by atoms with Crippen LogP contribution in [0.4, 0.5) is 8.78 Å². The maximum atomic E-state index is 15.0. The van der Waals surface area contributed by atoms with Crippen molar-refractivity contribution in [2.24, 2.45) is 7.05 Å². The van der Waals surface area contributed by atoms with Gasteiger partial charge < -0.3 is 39.2 Å². The first-order valence-electron chi connectivity index (χ1n) is 10.8. The normalized spacial score (nSPS) is 24.0. The molecule has 2 aliphatic heterocycles. The van der Waals surface area contributed by atoms with Gasteiger partial charge in [-0.3, -0.25) is 0 Å². The van der Waals surface area contributed by atoms with E-state index >= 15 is 0 Å². The topological polar surface area (TPSA) is 13.8 Å². The molecule has 0 bridgehead atoms. The summed E-state index contributed by atoms with van der Waals surface area (Å²) >= 11 is 0. The van der Waals surface area contributed by atoms with Crippen molar-refractivity contribution in [3.63, 3.8) is 0 Å². The van der Waals surface area contributed by atoms with Gasteiger partial charge in [-0.2, -0.15) is 0 Å². The van der Waals surface area contributed by atoms with Crippen molar-refractivity contribution >= 4 is 0 Å². The molecule has 4 atom stereocenters. The minimum absolute atomic E-state index is 0. The molecule has 3 heterocycles. The predicted octanol–water partition coefficient (Wildman–Crippen LogP) is -4.37. The van der Waals surface area contributed by atoms with Crippen LogP contribution >= 0.6 is 0 Å². The van der Waals surface area contributed by atoms with Crippen LogP contribution in [-0.4, -0.2) is 31.8 Å². The maximum absolute atomic E-state index is 15.0. The highest BCUT2D eigenvalue weighted by atomic mass is 35.5. The second kappa shape index (κ2) is 9.52. The van der Waals surface area contributed by atoms with Gasteiger partial charge in [-0.25, -0.2) is 8.78 Å². The molecule has 3 aromatic rings. The van der Waals surface area contributed by atoms with Crippen molar-refractivity contribution in [2.45, 2.75) is 24.9 Å². The molecule has 4 unspecified atom stereocenters. The Kier molecular flexibility index (Phi) is 7.35. The van der Waals surface area contributed by atoms with Crippen LogP contribution in [0, 0.1) is 11.6 Å². The van der Waals surface area contributed by atoms with E-state index in [1.54, 1.807) is 24.3 Å². The van der Waals surface area contributed by atoms with Gasteiger partial charge in [0.1, 0.15) is 23.7 Å². The van der Waals surface area contributed by atoms with E-state index in [0.29, 0.717) is 0 Å². The lowest BCUT2D eigenvalue weighted by atomic mass is 9.83. The number of benzene rings is 2. The Bertz CT molecular complexity index is 1030. The smallest absolute Gasteiger partial charge is 0.144 e. The van der Waals surface area contributed by atoms with Gasteiger partial charge in [0.2, 0.25) is 0 Å². The summed E-state index contributed by atoms with van der Waals surface area (Å²) in [6.07, 6.45) is 1.91. The molecular formula is C25H29Cl2F2N3.